The van der Waals surface area contributed by atoms with Gasteiger partial charge in [-0.25, -0.2) is 0 Å². The number of amides is 2. The Bertz CT molecular complexity index is 517. The molecule has 4 nitrogen and oxygen atoms in total. The van der Waals surface area contributed by atoms with Gasteiger partial charge in [0.05, 0.1) is 0 Å². The Morgan fingerprint density at radius 2 is 1.68 bits per heavy atom. The zero-order chi connectivity index (χ0) is 13.5. The van der Waals surface area contributed by atoms with Crippen LogP contribution in [0, 0.1) is 11.3 Å². The van der Waals surface area contributed by atoms with E-state index in [4.69, 9.17) is 0 Å². The zero-order valence-corrected chi connectivity index (χ0v) is 11.0. The molecular weight excluding hydrogens is 240 g/mol. The van der Waals surface area contributed by atoms with Crippen molar-refractivity contribution in [2.75, 3.05) is 10.6 Å². The summed E-state index contributed by atoms with van der Waals surface area (Å²) >= 11 is 0. The third-order valence-corrected chi connectivity index (χ3v) is 4.33. The Balaban J connectivity index is 1.58. The van der Waals surface area contributed by atoms with Crippen molar-refractivity contribution in [1.29, 1.82) is 0 Å². The number of nitrogens with one attached hydrogen (secondary N) is 2. The number of benzene rings is 1. The molecule has 3 rings (SSSR count). The number of hydrogen-bond acceptors (Lipinski definition) is 2. The highest BCUT2D eigenvalue weighted by Crippen LogP contribution is 2.65. The van der Waals surface area contributed by atoms with Crippen LogP contribution in [0.15, 0.2) is 24.3 Å². The van der Waals surface area contributed by atoms with Crippen LogP contribution in [-0.2, 0) is 9.59 Å². The van der Waals surface area contributed by atoms with Crippen molar-refractivity contribution in [1.82, 2.24) is 0 Å². The molecule has 2 N–H and O–H groups in total. The molecule has 2 aliphatic carbocycles. The molecule has 1 spiro atoms. The summed E-state index contributed by atoms with van der Waals surface area (Å²) < 4.78 is 0. The number of hydrogen-bond donors (Lipinski definition) is 2. The lowest BCUT2D eigenvalue weighted by atomic mass is 9.79. The van der Waals surface area contributed by atoms with Crippen LogP contribution in [0.4, 0.5) is 11.4 Å². The third-order valence-electron chi connectivity index (χ3n) is 4.33. The minimum absolute atomic E-state index is 0.0957. The van der Waals surface area contributed by atoms with Gasteiger partial charge in [0.1, 0.15) is 0 Å². The minimum Gasteiger partial charge on any atom is -0.326 e. The van der Waals surface area contributed by atoms with Gasteiger partial charge in [-0.3, -0.25) is 9.59 Å². The maximum absolute atomic E-state index is 12.1. The van der Waals surface area contributed by atoms with Crippen LogP contribution in [0.1, 0.15) is 32.6 Å². The molecule has 1 aromatic carbocycles. The molecule has 1 aromatic rings. The van der Waals surface area contributed by atoms with Gasteiger partial charge in [0.2, 0.25) is 11.8 Å². The Morgan fingerprint density at radius 3 is 2.11 bits per heavy atom. The summed E-state index contributed by atoms with van der Waals surface area (Å²) in [5, 5.41) is 5.66. The van der Waals surface area contributed by atoms with Gasteiger partial charge in [-0.05, 0) is 48.9 Å². The quantitative estimate of drug-likeness (QED) is 0.875. The maximum atomic E-state index is 12.1. The SMILES string of the molecule is CC(=O)Nc1ccc(NC(=O)[C@H]2CC23CCC3)cc1. The van der Waals surface area contributed by atoms with Crippen molar-refractivity contribution in [3.63, 3.8) is 0 Å². The Labute approximate surface area is 112 Å². The van der Waals surface area contributed by atoms with Gasteiger partial charge < -0.3 is 10.6 Å². The van der Waals surface area contributed by atoms with Crippen LogP contribution in [0.25, 0.3) is 0 Å². The summed E-state index contributed by atoms with van der Waals surface area (Å²) in [4.78, 5) is 23.0. The number of carbonyl (C=O) groups is 2. The Kier molecular flexibility index (Phi) is 2.81. The molecular formula is C15H18N2O2. The monoisotopic (exact) mass is 258 g/mol. The van der Waals surface area contributed by atoms with E-state index in [0.717, 1.165) is 17.8 Å². The lowest BCUT2D eigenvalue weighted by molar-refractivity contribution is -0.118. The molecule has 2 amide bonds. The third kappa shape index (κ3) is 2.35. The van der Waals surface area contributed by atoms with Gasteiger partial charge in [0.15, 0.2) is 0 Å². The fourth-order valence-electron chi connectivity index (χ4n) is 2.97. The second-order valence-electron chi connectivity index (χ2n) is 5.72. The predicted octanol–water partition coefficient (Wildman–Crippen LogP) is 2.77. The van der Waals surface area contributed by atoms with Gasteiger partial charge in [0, 0.05) is 24.2 Å². The zero-order valence-electron chi connectivity index (χ0n) is 11.0. The molecule has 0 heterocycles. The first-order chi connectivity index (χ1) is 9.09. The average Bonchev–Trinajstić information content (AvgIpc) is 3.06. The van der Waals surface area contributed by atoms with Crippen molar-refractivity contribution < 1.29 is 9.59 Å². The predicted molar refractivity (Wildman–Crippen MR) is 73.8 cm³/mol. The van der Waals surface area contributed by atoms with Crippen molar-refractivity contribution in [2.24, 2.45) is 11.3 Å². The lowest BCUT2D eigenvalue weighted by Gasteiger charge is -2.26. The summed E-state index contributed by atoms with van der Waals surface area (Å²) in [6.45, 7) is 1.47. The van der Waals surface area contributed by atoms with Gasteiger partial charge in [-0.15, -0.1) is 0 Å². The smallest absolute Gasteiger partial charge is 0.228 e. The fraction of sp³-hybridized carbons (Fsp3) is 0.467. The van der Waals surface area contributed by atoms with Crippen LogP contribution < -0.4 is 10.6 Å². The standard InChI is InChI=1S/C15H18N2O2/c1-10(18)16-11-3-5-12(6-4-11)17-14(19)13-9-15(13)7-2-8-15/h3-6,13H,2,7-9H2,1H3,(H,16,18)(H,17,19)/t13-/m1/s1. The molecule has 19 heavy (non-hydrogen) atoms. The highest BCUT2D eigenvalue weighted by Gasteiger charge is 2.60. The van der Waals surface area contributed by atoms with Gasteiger partial charge in [-0.2, -0.15) is 0 Å². The van der Waals surface area contributed by atoms with Crippen molar-refractivity contribution in [2.45, 2.75) is 32.6 Å². The first kappa shape index (κ1) is 12.2. The van der Waals surface area contributed by atoms with E-state index < -0.39 is 0 Å². The summed E-state index contributed by atoms with van der Waals surface area (Å²) in [5.74, 6) is 0.268. The largest absolute Gasteiger partial charge is 0.326 e. The van der Waals surface area contributed by atoms with Gasteiger partial charge in [0.25, 0.3) is 0 Å². The highest BCUT2D eigenvalue weighted by molar-refractivity contribution is 5.95. The van der Waals surface area contributed by atoms with E-state index in [-0.39, 0.29) is 17.7 Å². The number of carbonyl (C=O) groups excluding carboxylic acids is 2. The Morgan fingerprint density at radius 1 is 1.11 bits per heavy atom. The summed E-state index contributed by atoms with van der Waals surface area (Å²) in [6.07, 6.45) is 4.76. The second kappa shape index (κ2) is 4.37. The molecule has 100 valence electrons. The number of rotatable bonds is 3. The molecule has 0 saturated heterocycles. The molecule has 0 radical (unpaired) electrons. The molecule has 1 atom stereocenters. The summed E-state index contributed by atoms with van der Waals surface area (Å²) in [6, 6.07) is 7.23. The van der Waals surface area contributed by atoms with E-state index >= 15 is 0 Å². The van der Waals surface area contributed by atoms with E-state index in [1.54, 1.807) is 12.1 Å². The van der Waals surface area contributed by atoms with Crippen molar-refractivity contribution in [3.8, 4) is 0 Å². The molecule has 4 heteroatoms. The molecule has 2 fully saturated rings. The van der Waals surface area contributed by atoms with Gasteiger partial charge >= 0.3 is 0 Å². The summed E-state index contributed by atoms with van der Waals surface area (Å²) in [5.41, 5.74) is 1.90. The molecule has 0 unspecified atom stereocenters. The van der Waals surface area contributed by atoms with Crippen LogP contribution in [-0.4, -0.2) is 11.8 Å². The Hall–Kier alpha value is -1.84. The van der Waals surface area contributed by atoms with Crippen LogP contribution in [0.3, 0.4) is 0 Å². The molecule has 2 aliphatic rings. The molecule has 0 aliphatic heterocycles. The first-order valence-corrected chi connectivity index (χ1v) is 6.78. The minimum atomic E-state index is -0.0957. The van der Waals surface area contributed by atoms with Crippen LogP contribution in [0.2, 0.25) is 0 Å². The van der Waals surface area contributed by atoms with E-state index in [2.05, 4.69) is 10.6 Å². The first-order valence-electron chi connectivity index (χ1n) is 6.78. The molecule has 0 bridgehead atoms. The molecule has 0 aromatic heterocycles. The maximum Gasteiger partial charge on any atom is 0.228 e. The van der Waals surface area contributed by atoms with Crippen LogP contribution >= 0.6 is 0 Å². The van der Waals surface area contributed by atoms with E-state index in [0.29, 0.717) is 5.41 Å². The highest BCUT2D eigenvalue weighted by atomic mass is 16.2. The topological polar surface area (TPSA) is 58.2 Å². The van der Waals surface area contributed by atoms with E-state index in [1.807, 2.05) is 12.1 Å². The van der Waals surface area contributed by atoms with E-state index in [9.17, 15) is 9.59 Å². The summed E-state index contributed by atoms with van der Waals surface area (Å²) in [7, 11) is 0. The van der Waals surface area contributed by atoms with Crippen molar-refractivity contribution >= 4 is 23.2 Å². The second-order valence-corrected chi connectivity index (χ2v) is 5.72. The normalized spacial score (nSPS) is 22.5. The van der Waals surface area contributed by atoms with Crippen molar-refractivity contribution in [3.05, 3.63) is 24.3 Å². The van der Waals surface area contributed by atoms with Crippen LogP contribution in [0.5, 0.6) is 0 Å². The lowest BCUT2D eigenvalue weighted by Crippen LogP contribution is -2.23. The average molecular weight is 258 g/mol. The number of anilines is 2. The molecule has 2 saturated carbocycles. The fourth-order valence-corrected chi connectivity index (χ4v) is 2.97. The van der Waals surface area contributed by atoms with Gasteiger partial charge in [-0.1, -0.05) is 6.42 Å². The van der Waals surface area contributed by atoms with E-state index in [1.165, 1.54) is 26.2 Å².